The monoisotopic (exact) mass is 342 g/mol. The van der Waals surface area contributed by atoms with Gasteiger partial charge in [-0.05, 0) is 61.9 Å². The van der Waals surface area contributed by atoms with Gasteiger partial charge in [0.25, 0.3) is 0 Å². The van der Waals surface area contributed by atoms with Gasteiger partial charge in [0, 0.05) is 16.7 Å². The maximum Gasteiger partial charge on any atom is 0.174 e. The minimum absolute atomic E-state index is 0.0522. The van der Waals surface area contributed by atoms with Gasteiger partial charge in [-0.25, -0.2) is 8.78 Å². The second kappa shape index (κ2) is 7.68. The SMILES string of the molecule is Cc1ccc(C#Cc2ccc(C#Cc3ccc(C)c(F)c3F)cc2)cc1. The standard InChI is InChI=1S/C24H16F2/c1-17-3-6-19(7-4-17)8-9-20-10-12-21(13-11-20)14-16-22-15-5-18(2)23(25)24(22)26/h3-7,10-13,15H,1-2H3. The van der Waals surface area contributed by atoms with Gasteiger partial charge in [-0.15, -0.1) is 0 Å². The summed E-state index contributed by atoms with van der Waals surface area (Å²) in [6.07, 6.45) is 0. The Bertz CT molecular complexity index is 1050. The predicted octanol–water partition coefficient (Wildman–Crippen LogP) is 5.38. The highest BCUT2D eigenvalue weighted by Crippen LogP contribution is 2.15. The van der Waals surface area contributed by atoms with E-state index in [1.54, 1.807) is 0 Å². The van der Waals surface area contributed by atoms with E-state index in [0.717, 1.165) is 11.1 Å². The van der Waals surface area contributed by atoms with Crippen LogP contribution in [0.1, 0.15) is 33.4 Å². The minimum atomic E-state index is -0.905. The van der Waals surface area contributed by atoms with Crippen LogP contribution < -0.4 is 0 Å². The molecule has 0 radical (unpaired) electrons. The molecule has 3 rings (SSSR count). The summed E-state index contributed by atoms with van der Waals surface area (Å²) >= 11 is 0. The molecule has 2 heteroatoms. The molecule has 0 aliphatic carbocycles. The van der Waals surface area contributed by atoms with Gasteiger partial charge in [0.1, 0.15) is 0 Å². The Kier molecular flexibility index (Phi) is 5.16. The molecule has 0 nitrogen and oxygen atoms in total. The minimum Gasteiger partial charge on any atom is -0.203 e. The van der Waals surface area contributed by atoms with E-state index in [-0.39, 0.29) is 11.1 Å². The van der Waals surface area contributed by atoms with E-state index >= 15 is 0 Å². The van der Waals surface area contributed by atoms with Gasteiger partial charge < -0.3 is 0 Å². The van der Waals surface area contributed by atoms with Crippen LogP contribution in [-0.4, -0.2) is 0 Å². The van der Waals surface area contributed by atoms with Crippen molar-refractivity contribution < 1.29 is 8.78 Å². The van der Waals surface area contributed by atoms with Gasteiger partial charge in [0.05, 0.1) is 5.56 Å². The van der Waals surface area contributed by atoms with Crippen molar-refractivity contribution in [3.05, 3.63) is 106 Å². The van der Waals surface area contributed by atoms with Crippen molar-refractivity contribution in [2.45, 2.75) is 13.8 Å². The van der Waals surface area contributed by atoms with Gasteiger partial charge in [-0.1, -0.05) is 47.4 Å². The molecule has 0 N–H and O–H groups in total. The third kappa shape index (κ3) is 4.18. The van der Waals surface area contributed by atoms with Crippen molar-refractivity contribution >= 4 is 0 Å². The lowest BCUT2D eigenvalue weighted by Gasteiger charge is -1.99. The number of hydrogen-bond acceptors (Lipinski definition) is 0. The fraction of sp³-hybridized carbons (Fsp3) is 0.0833. The third-order valence-electron chi connectivity index (χ3n) is 3.90. The summed E-state index contributed by atoms with van der Waals surface area (Å²) in [5.41, 5.74) is 4.05. The van der Waals surface area contributed by atoms with Crippen molar-refractivity contribution in [3.8, 4) is 23.7 Å². The maximum atomic E-state index is 13.8. The normalized spacial score (nSPS) is 9.69. The highest BCUT2D eigenvalue weighted by atomic mass is 19.2. The first-order chi connectivity index (χ1) is 12.5. The van der Waals surface area contributed by atoms with Crippen LogP contribution in [0.5, 0.6) is 0 Å². The Morgan fingerprint density at radius 3 is 1.54 bits per heavy atom. The van der Waals surface area contributed by atoms with E-state index in [1.165, 1.54) is 24.6 Å². The fourth-order valence-corrected chi connectivity index (χ4v) is 2.30. The number of hydrogen-bond donors (Lipinski definition) is 0. The third-order valence-corrected chi connectivity index (χ3v) is 3.90. The largest absolute Gasteiger partial charge is 0.203 e. The Balaban J connectivity index is 1.77. The average Bonchev–Trinajstić information content (AvgIpc) is 2.66. The van der Waals surface area contributed by atoms with Crippen molar-refractivity contribution in [3.63, 3.8) is 0 Å². The number of halogens is 2. The zero-order valence-electron chi connectivity index (χ0n) is 14.5. The molecule has 0 unspecified atom stereocenters. The Morgan fingerprint density at radius 1 is 0.538 bits per heavy atom. The zero-order valence-corrected chi connectivity index (χ0v) is 14.5. The molecule has 26 heavy (non-hydrogen) atoms. The van der Waals surface area contributed by atoms with Crippen LogP contribution >= 0.6 is 0 Å². The molecule has 3 aromatic rings. The summed E-state index contributed by atoms with van der Waals surface area (Å²) in [6.45, 7) is 3.56. The van der Waals surface area contributed by atoms with Crippen LogP contribution in [0.25, 0.3) is 0 Å². The molecule has 0 aromatic heterocycles. The van der Waals surface area contributed by atoms with Crippen LogP contribution in [0.3, 0.4) is 0 Å². The number of rotatable bonds is 0. The van der Waals surface area contributed by atoms with Crippen molar-refractivity contribution in [2.24, 2.45) is 0 Å². The average molecular weight is 342 g/mol. The highest BCUT2D eigenvalue weighted by molar-refractivity contribution is 5.48. The van der Waals surface area contributed by atoms with Crippen LogP contribution in [0.15, 0.2) is 60.7 Å². The van der Waals surface area contributed by atoms with Crippen molar-refractivity contribution in [1.29, 1.82) is 0 Å². The smallest absolute Gasteiger partial charge is 0.174 e. The summed E-state index contributed by atoms with van der Waals surface area (Å²) < 4.78 is 27.4. The first-order valence-corrected chi connectivity index (χ1v) is 8.18. The number of benzene rings is 3. The van der Waals surface area contributed by atoms with Crippen molar-refractivity contribution in [1.82, 2.24) is 0 Å². The Morgan fingerprint density at radius 2 is 1.00 bits per heavy atom. The summed E-state index contributed by atoms with van der Waals surface area (Å²) in [6, 6.07) is 18.4. The van der Waals surface area contributed by atoms with Crippen LogP contribution in [0.2, 0.25) is 0 Å². The molecule has 0 aliphatic rings. The lowest BCUT2D eigenvalue weighted by Crippen LogP contribution is -1.92. The van der Waals surface area contributed by atoms with E-state index in [0.29, 0.717) is 5.56 Å². The Hall–Kier alpha value is -3.36. The van der Waals surface area contributed by atoms with Gasteiger partial charge in [-0.3, -0.25) is 0 Å². The highest BCUT2D eigenvalue weighted by Gasteiger charge is 2.08. The summed E-state index contributed by atoms with van der Waals surface area (Å²) in [4.78, 5) is 0. The van der Waals surface area contributed by atoms with E-state index in [4.69, 9.17) is 0 Å². The molecule has 0 bridgehead atoms. The summed E-state index contributed by atoms with van der Waals surface area (Å²) in [5.74, 6) is 9.98. The predicted molar refractivity (Wildman–Crippen MR) is 101 cm³/mol. The molecule has 126 valence electrons. The van der Waals surface area contributed by atoms with Gasteiger partial charge in [0.2, 0.25) is 0 Å². The van der Waals surface area contributed by atoms with Gasteiger partial charge in [0.15, 0.2) is 11.6 Å². The second-order valence-corrected chi connectivity index (χ2v) is 6.00. The van der Waals surface area contributed by atoms with E-state index < -0.39 is 11.6 Å². The van der Waals surface area contributed by atoms with Crippen LogP contribution in [-0.2, 0) is 0 Å². The molecule has 0 fully saturated rings. The first-order valence-electron chi connectivity index (χ1n) is 8.18. The molecule has 0 atom stereocenters. The molecule has 0 amide bonds. The molecule has 0 spiro atoms. The van der Waals surface area contributed by atoms with E-state index in [1.807, 2.05) is 55.5 Å². The quantitative estimate of drug-likeness (QED) is 0.481. The van der Waals surface area contributed by atoms with Gasteiger partial charge >= 0.3 is 0 Å². The molecule has 0 heterocycles. The zero-order chi connectivity index (χ0) is 18.5. The van der Waals surface area contributed by atoms with Crippen LogP contribution in [0, 0.1) is 49.2 Å². The summed E-state index contributed by atoms with van der Waals surface area (Å²) in [7, 11) is 0. The topological polar surface area (TPSA) is 0 Å². The molecule has 3 aromatic carbocycles. The lowest BCUT2D eigenvalue weighted by molar-refractivity contribution is 0.501. The molecule has 0 saturated heterocycles. The lowest BCUT2D eigenvalue weighted by atomic mass is 10.1. The molecular weight excluding hydrogens is 326 g/mol. The Labute approximate surface area is 152 Å². The second-order valence-electron chi connectivity index (χ2n) is 6.00. The van der Waals surface area contributed by atoms with Gasteiger partial charge in [-0.2, -0.15) is 0 Å². The van der Waals surface area contributed by atoms with E-state index in [2.05, 4.69) is 23.7 Å². The van der Waals surface area contributed by atoms with Crippen LogP contribution in [0.4, 0.5) is 8.78 Å². The maximum absolute atomic E-state index is 13.8. The number of aryl methyl sites for hydroxylation is 2. The first kappa shape index (κ1) is 17.5. The molecule has 0 aliphatic heterocycles. The van der Waals surface area contributed by atoms with Crippen molar-refractivity contribution in [2.75, 3.05) is 0 Å². The van der Waals surface area contributed by atoms with E-state index in [9.17, 15) is 8.78 Å². The summed E-state index contributed by atoms with van der Waals surface area (Å²) in [5, 5.41) is 0. The molecule has 0 saturated carbocycles. The molecular formula is C24H16F2. The fourth-order valence-electron chi connectivity index (χ4n) is 2.30.